The predicted octanol–water partition coefficient (Wildman–Crippen LogP) is 1.51. The molecule has 0 spiro atoms. The molecule has 1 fully saturated rings. The number of sulfone groups is 1. The summed E-state index contributed by atoms with van der Waals surface area (Å²) in [5, 5.41) is 2.99. The zero-order valence-corrected chi connectivity index (χ0v) is 11.6. The van der Waals surface area contributed by atoms with Crippen molar-refractivity contribution < 1.29 is 13.2 Å². The molecule has 4 nitrogen and oxygen atoms in total. The van der Waals surface area contributed by atoms with Crippen LogP contribution in [0.2, 0.25) is 0 Å². The van der Waals surface area contributed by atoms with Gasteiger partial charge in [-0.3, -0.25) is 4.79 Å². The molecule has 1 unspecified atom stereocenters. The summed E-state index contributed by atoms with van der Waals surface area (Å²) in [4.78, 5) is 11.9. The fraction of sp³-hybridized carbons (Fsp3) is 0.917. The van der Waals surface area contributed by atoms with Crippen LogP contribution < -0.4 is 5.32 Å². The van der Waals surface area contributed by atoms with E-state index in [4.69, 9.17) is 0 Å². The monoisotopic (exact) mass is 261 g/mol. The second-order valence-corrected chi connectivity index (χ2v) is 7.13. The van der Waals surface area contributed by atoms with E-state index >= 15 is 0 Å². The standard InChI is InChI=1S/C12H23NO3S/c1-3-5-10(4-2)12(14)13-11-6-8-17(15,16)9-7-11/h10-11H,3-9H2,1-2H3,(H,13,14). The Morgan fingerprint density at radius 2 is 1.88 bits per heavy atom. The molecule has 0 aliphatic carbocycles. The summed E-state index contributed by atoms with van der Waals surface area (Å²) >= 11 is 0. The van der Waals surface area contributed by atoms with Crippen LogP contribution in [0.25, 0.3) is 0 Å². The molecule has 1 aliphatic rings. The second kappa shape index (κ2) is 6.38. The lowest BCUT2D eigenvalue weighted by Gasteiger charge is -2.25. The molecule has 1 rings (SSSR count). The fourth-order valence-corrected chi connectivity index (χ4v) is 3.71. The van der Waals surface area contributed by atoms with Gasteiger partial charge in [0.05, 0.1) is 11.5 Å². The Kier molecular flexibility index (Phi) is 5.43. The van der Waals surface area contributed by atoms with Crippen molar-refractivity contribution in [3.8, 4) is 0 Å². The molecule has 17 heavy (non-hydrogen) atoms. The van der Waals surface area contributed by atoms with E-state index in [0.29, 0.717) is 12.8 Å². The van der Waals surface area contributed by atoms with Crippen LogP contribution in [-0.2, 0) is 14.6 Å². The van der Waals surface area contributed by atoms with E-state index in [2.05, 4.69) is 12.2 Å². The number of nitrogens with one attached hydrogen (secondary N) is 1. The quantitative estimate of drug-likeness (QED) is 0.816. The second-order valence-electron chi connectivity index (χ2n) is 4.83. The van der Waals surface area contributed by atoms with Gasteiger partial charge in [0, 0.05) is 12.0 Å². The van der Waals surface area contributed by atoms with Crippen LogP contribution in [0.1, 0.15) is 46.0 Å². The molecule has 1 N–H and O–H groups in total. The highest BCUT2D eigenvalue weighted by molar-refractivity contribution is 7.91. The third-order valence-electron chi connectivity index (χ3n) is 3.40. The van der Waals surface area contributed by atoms with E-state index < -0.39 is 9.84 Å². The van der Waals surface area contributed by atoms with Gasteiger partial charge in [0.2, 0.25) is 5.91 Å². The van der Waals surface area contributed by atoms with Crippen molar-refractivity contribution >= 4 is 15.7 Å². The minimum absolute atomic E-state index is 0.0527. The summed E-state index contributed by atoms with van der Waals surface area (Å²) in [7, 11) is -2.84. The fourth-order valence-electron chi connectivity index (χ4n) is 2.22. The van der Waals surface area contributed by atoms with Gasteiger partial charge in [-0.15, -0.1) is 0 Å². The maximum atomic E-state index is 11.9. The first-order chi connectivity index (χ1) is 7.98. The van der Waals surface area contributed by atoms with Gasteiger partial charge in [0.15, 0.2) is 0 Å². The first kappa shape index (κ1) is 14.5. The van der Waals surface area contributed by atoms with Crippen molar-refractivity contribution in [2.75, 3.05) is 11.5 Å². The summed E-state index contributed by atoms with van der Waals surface area (Å²) in [5.41, 5.74) is 0. The van der Waals surface area contributed by atoms with E-state index in [1.165, 1.54) is 0 Å². The number of amides is 1. The van der Waals surface area contributed by atoms with Crippen LogP contribution in [0, 0.1) is 5.92 Å². The van der Waals surface area contributed by atoms with E-state index in [1.54, 1.807) is 0 Å². The maximum Gasteiger partial charge on any atom is 0.223 e. The third-order valence-corrected chi connectivity index (χ3v) is 5.12. The third kappa shape index (κ3) is 4.66. The first-order valence-corrected chi connectivity index (χ1v) is 8.31. The molecule has 100 valence electrons. The van der Waals surface area contributed by atoms with Gasteiger partial charge >= 0.3 is 0 Å². The van der Waals surface area contributed by atoms with Gasteiger partial charge in [-0.05, 0) is 25.7 Å². The Labute approximate surface area is 104 Å². The summed E-state index contributed by atoms with van der Waals surface area (Å²) in [6.07, 6.45) is 3.90. The number of carbonyl (C=O) groups excluding carboxylic acids is 1. The molecule has 0 aromatic carbocycles. The lowest BCUT2D eigenvalue weighted by molar-refractivity contribution is -0.126. The van der Waals surface area contributed by atoms with Gasteiger partial charge in [0.1, 0.15) is 9.84 Å². The van der Waals surface area contributed by atoms with Crippen LogP contribution in [0.15, 0.2) is 0 Å². The molecule has 5 heteroatoms. The van der Waals surface area contributed by atoms with Crippen molar-refractivity contribution in [2.24, 2.45) is 5.92 Å². The summed E-state index contributed by atoms with van der Waals surface area (Å²) in [6.45, 7) is 4.09. The Bertz CT molecular complexity index is 337. The zero-order chi connectivity index (χ0) is 12.9. The highest BCUT2D eigenvalue weighted by Crippen LogP contribution is 2.15. The average Bonchev–Trinajstić information content (AvgIpc) is 2.28. The Hall–Kier alpha value is -0.580. The van der Waals surface area contributed by atoms with Crippen LogP contribution in [0.5, 0.6) is 0 Å². The van der Waals surface area contributed by atoms with Gasteiger partial charge in [-0.1, -0.05) is 20.3 Å². The SMILES string of the molecule is CCCC(CC)C(=O)NC1CCS(=O)(=O)CC1. The van der Waals surface area contributed by atoms with E-state index in [0.717, 1.165) is 19.3 Å². The zero-order valence-electron chi connectivity index (χ0n) is 10.7. The minimum atomic E-state index is -2.84. The average molecular weight is 261 g/mol. The van der Waals surface area contributed by atoms with E-state index in [9.17, 15) is 13.2 Å². The van der Waals surface area contributed by atoms with Crippen molar-refractivity contribution in [2.45, 2.75) is 52.0 Å². The van der Waals surface area contributed by atoms with E-state index in [-0.39, 0.29) is 29.4 Å². The van der Waals surface area contributed by atoms with Crippen LogP contribution in [0.3, 0.4) is 0 Å². The topological polar surface area (TPSA) is 63.2 Å². The lowest BCUT2D eigenvalue weighted by Crippen LogP contribution is -2.43. The summed E-state index contributed by atoms with van der Waals surface area (Å²) < 4.78 is 22.5. The predicted molar refractivity (Wildman–Crippen MR) is 68.5 cm³/mol. The van der Waals surface area contributed by atoms with Gasteiger partial charge in [-0.2, -0.15) is 0 Å². The molecule has 0 radical (unpaired) electrons. The van der Waals surface area contributed by atoms with Crippen LogP contribution in [0.4, 0.5) is 0 Å². The van der Waals surface area contributed by atoms with Gasteiger partial charge in [0.25, 0.3) is 0 Å². The number of hydrogen-bond acceptors (Lipinski definition) is 3. The molecule has 1 saturated heterocycles. The maximum absolute atomic E-state index is 11.9. The molecule has 1 heterocycles. The van der Waals surface area contributed by atoms with Crippen molar-refractivity contribution in [3.05, 3.63) is 0 Å². The van der Waals surface area contributed by atoms with Gasteiger partial charge < -0.3 is 5.32 Å². The van der Waals surface area contributed by atoms with Gasteiger partial charge in [-0.25, -0.2) is 8.42 Å². The highest BCUT2D eigenvalue weighted by Gasteiger charge is 2.26. The normalized spacial score (nSPS) is 22.0. The molecule has 0 aromatic rings. The molecule has 1 amide bonds. The largest absolute Gasteiger partial charge is 0.353 e. The minimum Gasteiger partial charge on any atom is -0.353 e. The van der Waals surface area contributed by atoms with E-state index in [1.807, 2.05) is 6.92 Å². The smallest absolute Gasteiger partial charge is 0.223 e. The first-order valence-electron chi connectivity index (χ1n) is 6.49. The number of rotatable bonds is 5. The molecule has 0 aromatic heterocycles. The van der Waals surface area contributed by atoms with Crippen molar-refractivity contribution in [1.82, 2.24) is 5.32 Å². The highest BCUT2D eigenvalue weighted by atomic mass is 32.2. The molecule has 1 atom stereocenters. The molecule has 1 aliphatic heterocycles. The van der Waals surface area contributed by atoms with Crippen molar-refractivity contribution in [3.63, 3.8) is 0 Å². The Balaban J connectivity index is 2.41. The number of hydrogen-bond donors (Lipinski definition) is 1. The molecular weight excluding hydrogens is 238 g/mol. The van der Waals surface area contributed by atoms with Crippen molar-refractivity contribution in [1.29, 1.82) is 0 Å². The Morgan fingerprint density at radius 1 is 1.29 bits per heavy atom. The summed E-state index contributed by atoms with van der Waals surface area (Å²) in [6, 6.07) is 0.0527. The molecular formula is C12H23NO3S. The summed E-state index contributed by atoms with van der Waals surface area (Å²) in [5.74, 6) is 0.600. The molecule has 0 saturated carbocycles. The number of carbonyl (C=O) groups is 1. The van der Waals surface area contributed by atoms with Crippen LogP contribution >= 0.6 is 0 Å². The Morgan fingerprint density at radius 3 is 2.35 bits per heavy atom. The lowest BCUT2D eigenvalue weighted by atomic mass is 9.99. The van der Waals surface area contributed by atoms with Crippen LogP contribution in [-0.4, -0.2) is 31.9 Å². The molecule has 0 bridgehead atoms.